The van der Waals surface area contributed by atoms with Gasteiger partial charge in [0.25, 0.3) is 5.91 Å². The first-order valence-electron chi connectivity index (χ1n) is 5.52. The number of nitrogens with zero attached hydrogens (tertiary/aromatic N) is 1. The second-order valence-corrected chi connectivity index (χ2v) is 3.94. The van der Waals surface area contributed by atoms with E-state index >= 15 is 0 Å². The van der Waals surface area contributed by atoms with E-state index in [1.165, 1.54) is 24.1 Å². The van der Waals surface area contributed by atoms with Gasteiger partial charge in [-0.3, -0.25) is 9.59 Å². The number of carboxylic acid groups (broad SMARTS) is 1. The SMILES string of the molecule is CN(CCC(=O)O)C(=O)c1ccc(OC(F)(F)F)cc1. The van der Waals surface area contributed by atoms with Crippen molar-refractivity contribution in [3.8, 4) is 5.75 Å². The summed E-state index contributed by atoms with van der Waals surface area (Å²) in [6, 6.07) is 4.40. The molecule has 8 heteroatoms. The summed E-state index contributed by atoms with van der Waals surface area (Å²) in [7, 11) is 1.41. The van der Waals surface area contributed by atoms with Crippen LogP contribution in [0.25, 0.3) is 0 Å². The van der Waals surface area contributed by atoms with Gasteiger partial charge in [0.05, 0.1) is 6.42 Å². The van der Waals surface area contributed by atoms with Gasteiger partial charge in [-0.05, 0) is 24.3 Å². The van der Waals surface area contributed by atoms with Gasteiger partial charge in [0, 0.05) is 19.2 Å². The number of carbonyl (C=O) groups is 2. The zero-order valence-corrected chi connectivity index (χ0v) is 10.5. The minimum Gasteiger partial charge on any atom is -0.481 e. The van der Waals surface area contributed by atoms with E-state index in [0.29, 0.717) is 0 Å². The second kappa shape index (κ2) is 6.27. The van der Waals surface area contributed by atoms with Crippen LogP contribution < -0.4 is 4.74 Å². The van der Waals surface area contributed by atoms with E-state index < -0.39 is 24.0 Å². The van der Waals surface area contributed by atoms with Gasteiger partial charge in [-0.2, -0.15) is 0 Å². The maximum absolute atomic E-state index is 12.0. The van der Waals surface area contributed by atoms with E-state index in [1.807, 2.05) is 0 Å². The Morgan fingerprint density at radius 3 is 2.25 bits per heavy atom. The minimum atomic E-state index is -4.79. The maximum atomic E-state index is 12.0. The predicted octanol–water partition coefficient (Wildman–Crippen LogP) is 2.13. The molecule has 20 heavy (non-hydrogen) atoms. The molecule has 0 heterocycles. The summed E-state index contributed by atoms with van der Waals surface area (Å²) >= 11 is 0. The maximum Gasteiger partial charge on any atom is 0.573 e. The number of hydrogen-bond acceptors (Lipinski definition) is 3. The van der Waals surface area contributed by atoms with Crippen LogP contribution in [-0.4, -0.2) is 41.8 Å². The summed E-state index contributed by atoms with van der Waals surface area (Å²) in [5.74, 6) is -1.95. The predicted molar refractivity (Wildman–Crippen MR) is 62.3 cm³/mol. The fourth-order valence-corrected chi connectivity index (χ4v) is 1.38. The van der Waals surface area contributed by atoms with Gasteiger partial charge in [-0.25, -0.2) is 0 Å². The van der Waals surface area contributed by atoms with Gasteiger partial charge in [-0.1, -0.05) is 0 Å². The number of carboxylic acids is 1. The molecular formula is C12H12F3NO4. The first-order valence-corrected chi connectivity index (χ1v) is 5.52. The summed E-state index contributed by atoms with van der Waals surface area (Å²) in [6.07, 6.45) is -5.00. The summed E-state index contributed by atoms with van der Waals surface area (Å²) in [6.45, 7) is 0.00890. The lowest BCUT2D eigenvalue weighted by molar-refractivity contribution is -0.274. The molecule has 0 saturated carbocycles. The molecule has 0 aliphatic rings. The first-order chi connectivity index (χ1) is 9.19. The number of hydrogen-bond donors (Lipinski definition) is 1. The molecule has 0 fully saturated rings. The van der Waals surface area contributed by atoms with Crippen molar-refractivity contribution in [3.05, 3.63) is 29.8 Å². The topological polar surface area (TPSA) is 66.8 Å². The third-order valence-corrected chi connectivity index (χ3v) is 2.34. The highest BCUT2D eigenvalue weighted by Gasteiger charge is 2.31. The third-order valence-electron chi connectivity index (χ3n) is 2.34. The summed E-state index contributed by atoms with van der Waals surface area (Å²) in [5, 5.41) is 8.50. The van der Waals surface area contributed by atoms with Crippen LogP contribution in [0.1, 0.15) is 16.8 Å². The molecule has 0 aliphatic heterocycles. The third kappa shape index (κ3) is 5.17. The van der Waals surface area contributed by atoms with Gasteiger partial charge >= 0.3 is 12.3 Å². The smallest absolute Gasteiger partial charge is 0.481 e. The van der Waals surface area contributed by atoms with Crippen LogP contribution in [0.4, 0.5) is 13.2 Å². The Labute approximate surface area is 112 Å². The van der Waals surface area contributed by atoms with Crippen molar-refractivity contribution in [1.82, 2.24) is 4.90 Å². The Morgan fingerprint density at radius 1 is 1.25 bits per heavy atom. The van der Waals surface area contributed by atoms with Gasteiger partial charge in [0.1, 0.15) is 5.75 Å². The lowest BCUT2D eigenvalue weighted by Crippen LogP contribution is -2.29. The normalized spacial score (nSPS) is 11.0. The highest BCUT2D eigenvalue weighted by atomic mass is 19.4. The fraction of sp³-hybridized carbons (Fsp3) is 0.333. The van der Waals surface area contributed by atoms with Crippen LogP contribution in [0, 0.1) is 0 Å². The molecule has 110 valence electrons. The molecule has 5 nitrogen and oxygen atoms in total. The Balaban J connectivity index is 2.68. The zero-order chi connectivity index (χ0) is 15.3. The van der Waals surface area contributed by atoms with E-state index in [4.69, 9.17) is 5.11 Å². The van der Waals surface area contributed by atoms with E-state index in [1.54, 1.807) is 0 Å². The number of benzene rings is 1. The largest absolute Gasteiger partial charge is 0.573 e. The Hall–Kier alpha value is -2.25. The van der Waals surface area contributed by atoms with Gasteiger partial charge in [0.15, 0.2) is 0 Å². The number of alkyl halides is 3. The fourth-order valence-electron chi connectivity index (χ4n) is 1.38. The number of ether oxygens (including phenoxy) is 1. The molecular weight excluding hydrogens is 279 g/mol. The van der Waals surface area contributed by atoms with Gasteiger partial charge < -0.3 is 14.7 Å². The molecule has 0 aromatic heterocycles. The Morgan fingerprint density at radius 2 is 1.80 bits per heavy atom. The summed E-state index contributed by atoms with van der Waals surface area (Å²) in [5.41, 5.74) is 0.146. The van der Waals surface area contributed by atoms with Crippen molar-refractivity contribution in [2.45, 2.75) is 12.8 Å². The van der Waals surface area contributed by atoms with Crippen molar-refractivity contribution < 1.29 is 32.6 Å². The summed E-state index contributed by atoms with van der Waals surface area (Å²) < 4.78 is 39.5. The lowest BCUT2D eigenvalue weighted by atomic mass is 10.2. The molecule has 0 unspecified atom stereocenters. The molecule has 0 saturated heterocycles. The molecule has 0 bridgehead atoms. The standard InChI is InChI=1S/C12H12F3NO4/c1-16(7-6-10(17)18)11(19)8-2-4-9(5-3-8)20-12(13,14)15/h2-5H,6-7H2,1H3,(H,17,18). The number of amides is 1. The van der Waals surface area contributed by atoms with Crippen molar-refractivity contribution >= 4 is 11.9 Å². The molecule has 0 aliphatic carbocycles. The molecule has 1 amide bonds. The van der Waals surface area contributed by atoms with Crippen LogP contribution in [0.5, 0.6) is 5.75 Å². The van der Waals surface area contributed by atoms with Gasteiger partial charge in [-0.15, -0.1) is 13.2 Å². The van der Waals surface area contributed by atoms with Crippen LogP contribution in [-0.2, 0) is 4.79 Å². The van der Waals surface area contributed by atoms with E-state index in [0.717, 1.165) is 12.1 Å². The zero-order valence-electron chi connectivity index (χ0n) is 10.5. The Bertz CT molecular complexity index is 484. The molecule has 0 spiro atoms. The highest BCUT2D eigenvalue weighted by Crippen LogP contribution is 2.22. The second-order valence-electron chi connectivity index (χ2n) is 3.94. The van der Waals surface area contributed by atoms with Crippen LogP contribution in [0.15, 0.2) is 24.3 Å². The summed E-state index contributed by atoms with van der Waals surface area (Å²) in [4.78, 5) is 23.4. The van der Waals surface area contributed by atoms with E-state index in [9.17, 15) is 22.8 Å². The van der Waals surface area contributed by atoms with E-state index in [-0.39, 0.29) is 18.5 Å². The minimum absolute atomic E-state index is 0.00890. The molecule has 1 rings (SSSR count). The molecule has 1 aromatic carbocycles. The molecule has 0 radical (unpaired) electrons. The van der Waals surface area contributed by atoms with Crippen LogP contribution in [0.2, 0.25) is 0 Å². The molecule has 1 aromatic rings. The van der Waals surface area contributed by atoms with Crippen molar-refractivity contribution in [2.24, 2.45) is 0 Å². The number of halogens is 3. The van der Waals surface area contributed by atoms with E-state index in [2.05, 4.69) is 4.74 Å². The monoisotopic (exact) mass is 291 g/mol. The molecule has 0 atom stereocenters. The van der Waals surface area contributed by atoms with Crippen molar-refractivity contribution in [1.29, 1.82) is 0 Å². The molecule has 1 N–H and O–H groups in total. The van der Waals surface area contributed by atoms with Crippen LogP contribution in [0.3, 0.4) is 0 Å². The highest BCUT2D eigenvalue weighted by molar-refractivity contribution is 5.94. The lowest BCUT2D eigenvalue weighted by Gasteiger charge is -2.16. The van der Waals surface area contributed by atoms with Crippen molar-refractivity contribution in [3.63, 3.8) is 0 Å². The number of rotatable bonds is 5. The average molecular weight is 291 g/mol. The number of carbonyl (C=O) groups excluding carboxylic acids is 1. The Kier molecular flexibility index (Phi) is 4.95. The quantitative estimate of drug-likeness (QED) is 0.902. The first kappa shape index (κ1) is 15.8. The van der Waals surface area contributed by atoms with Crippen molar-refractivity contribution in [2.75, 3.05) is 13.6 Å². The van der Waals surface area contributed by atoms with Crippen LogP contribution >= 0.6 is 0 Å². The van der Waals surface area contributed by atoms with Gasteiger partial charge in [0.2, 0.25) is 0 Å². The average Bonchev–Trinajstić information content (AvgIpc) is 2.34. The number of aliphatic carboxylic acids is 1.